The highest BCUT2D eigenvalue weighted by Crippen LogP contribution is 2.43. The zero-order valence-electron chi connectivity index (χ0n) is 32.2. The molecule has 3 heterocycles. The van der Waals surface area contributed by atoms with Gasteiger partial charge in [-0.2, -0.15) is 0 Å². The van der Waals surface area contributed by atoms with Gasteiger partial charge in [-0.05, 0) is 80.8 Å². The van der Waals surface area contributed by atoms with Crippen molar-refractivity contribution in [3.8, 4) is 39.9 Å². The van der Waals surface area contributed by atoms with Gasteiger partial charge >= 0.3 is 0 Å². The van der Waals surface area contributed by atoms with Crippen LogP contribution in [-0.4, -0.2) is 19.5 Å². The van der Waals surface area contributed by atoms with Gasteiger partial charge in [-0.25, -0.2) is 15.0 Å². The van der Waals surface area contributed by atoms with E-state index in [1.54, 1.807) is 0 Å². The normalized spacial score (nSPS) is 12.0. The van der Waals surface area contributed by atoms with E-state index in [9.17, 15) is 0 Å². The summed E-state index contributed by atoms with van der Waals surface area (Å²) in [6, 6.07) is 68.6. The fourth-order valence-corrected chi connectivity index (χ4v) is 9.40. The number of fused-ring (bicyclic) bond motifs is 12. The lowest BCUT2D eigenvalue weighted by molar-refractivity contribution is 0.672. The quantitative estimate of drug-likeness (QED) is 0.167. The van der Waals surface area contributed by atoms with Gasteiger partial charge in [0.2, 0.25) is 0 Å². The summed E-state index contributed by atoms with van der Waals surface area (Å²) >= 11 is 0. The van der Waals surface area contributed by atoms with Crippen LogP contribution in [0.1, 0.15) is 0 Å². The lowest BCUT2D eigenvalue weighted by Crippen LogP contribution is -2.00. The Labute approximate surface area is 343 Å². The van der Waals surface area contributed by atoms with Crippen LogP contribution in [0, 0.1) is 0 Å². The SMILES string of the molecule is c1ccc(-c2nc(-c3ccc4oc5c6ccccc6c(-n6c7ccccc7c7cc8ccccc8cc76)cc5c4c3)nc(-c3cc4ccccc4c4ccccc34)n2)cc1. The van der Waals surface area contributed by atoms with E-state index in [0.29, 0.717) is 17.5 Å². The largest absolute Gasteiger partial charge is 0.455 e. The number of nitrogens with zero attached hydrogens (tertiary/aromatic N) is 4. The first-order valence-electron chi connectivity index (χ1n) is 20.3. The summed E-state index contributed by atoms with van der Waals surface area (Å²) in [5.41, 5.74) is 7.87. The number of hydrogen-bond acceptors (Lipinski definition) is 4. The Morgan fingerprint density at radius 1 is 0.333 bits per heavy atom. The van der Waals surface area contributed by atoms with E-state index < -0.39 is 0 Å². The highest BCUT2D eigenvalue weighted by molar-refractivity contribution is 6.20. The zero-order chi connectivity index (χ0) is 39.3. The van der Waals surface area contributed by atoms with Crippen LogP contribution in [0.3, 0.4) is 0 Å². The molecule has 0 saturated carbocycles. The number of para-hydroxylation sites is 1. The van der Waals surface area contributed by atoms with Gasteiger partial charge in [0, 0.05) is 49.0 Å². The predicted octanol–water partition coefficient (Wildman–Crippen LogP) is 14.5. The van der Waals surface area contributed by atoms with Crippen LogP contribution in [0.4, 0.5) is 0 Å². The van der Waals surface area contributed by atoms with E-state index >= 15 is 0 Å². The molecule has 278 valence electrons. The van der Waals surface area contributed by atoms with Crippen molar-refractivity contribution in [2.75, 3.05) is 0 Å². The van der Waals surface area contributed by atoms with Crippen LogP contribution < -0.4 is 0 Å². The first kappa shape index (κ1) is 32.9. The van der Waals surface area contributed by atoms with Crippen molar-refractivity contribution in [1.29, 1.82) is 0 Å². The summed E-state index contributed by atoms with van der Waals surface area (Å²) in [5, 5.41) is 13.7. The first-order chi connectivity index (χ1) is 29.7. The van der Waals surface area contributed by atoms with Gasteiger partial charge in [0.25, 0.3) is 0 Å². The highest BCUT2D eigenvalue weighted by Gasteiger charge is 2.21. The summed E-state index contributed by atoms with van der Waals surface area (Å²) in [4.78, 5) is 15.6. The molecule has 3 aromatic heterocycles. The van der Waals surface area contributed by atoms with Crippen molar-refractivity contribution in [2.45, 2.75) is 0 Å². The molecule has 0 unspecified atom stereocenters. The highest BCUT2D eigenvalue weighted by atomic mass is 16.3. The summed E-state index contributed by atoms with van der Waals surface area (Å²) < 4.78 is 9.20. The molecular formula is C55H32N4O. The maximum atomic E-state index is 6.77. The van der Waals surface area contributed by atoms with Crippen molar-refractivity contribution in [2.24, 2.45) is 0 Å². The van der Waals surface area contributed by atoms with E-state index in [-0.39, 0.29) is 0 Å². The Hall–Kier alpha value is -8.15. The standard InChI is InChI=1S/C55H32N4O/c1-2-14-33(15-3-1)53-56-54(58-55(57-53)47-29-36-18-6-7-19-38(36)39-20-8-9-21-40(39)47)37-26-27-51-45(30-37)46-32-50(41-22-10-11-24-43(41)52(46)60-51)59-48-25-13-12-23-42(48)44-28-34-16-4-5-17-35(34)31-49(44)59/h1-32H. The third-order valence-corrected chi connectivity index (χ3v) is 12.2. The smallest absolute Gasteiger partial charge is 0.164 e. The maximum absolute atomic E-state index is 6.77. The van der Waals surface area contributed by atoms with Gasteiger partial charge in [-0.3, -0.25) is 0 Å². The molecule has 0 bridgehead atoms. The molecule has 5 nitrogen and oxygen atoms in total. The molecule has 0 aliphatic rings. The van der Waals surface area contributed by atoms with Crippen molar-refractivity contribution in [1.82, 2.24) is 19.5 Å². The van der Waals surface area contributed by atoms with Crippen LogP contribution in [0.5, 0.6) is 0 Å². The lowest BCUT2D eigenvalue weighted by atomic mass is 9.97. The molecule has 0 radical (unpaired) electrons. The van der Waals surface area contributed by atoms with Crippen molar-refractivity contribution in [3.05, 3.63) is 194 Å². The third-order valence-electron chi connectivity index (χ3n) is 12.2. The Kier molecular flexibility index (Phi) is 6.95. The molecule has 0 aliphatic heterocycles. The Morgan fingerprint density at radius 2 is 0.950 bits per heavy atom. The average Bonchev–Trinajstić information content (AvgIpc) is 3.85. The predicted molar refractivity (Wildman–Crippen MR) is 248 cm³/mol. The van der Waals surface area contributed by atoms with E-state index in [4.69, 9.17) is 19.4 Å². The minimum Gasteiger partial charge on any atom is -0.455 e. The maximum Gasteiger partial charge on any atom is 0.164 e. The van der Waals surface area contributed by atoms with E-state index in [1.807, 2.05) is 18.2 Å². The van der Waals surface area contributed by atoms with Crippen molar-refractivity contribution >= 4 is 86.8 Å². The Balaban J connectivity index is 1.07. The monoisotopic (exact) mass is 764 g/mol. The van der Waals surface area contributed by atoms with E-state index in [1.165, 1.54) is 37.8 Å². The second-order valence-corrected chi connectivity index (χ2v) is 15.6. The Morgan fingerprint density at radius 3 is 1.77 bits per heavy atom. The van der Waals surface area contributed by atoms with Crippen molar-refractivity contribution in [3.63, 3.8) is 0 Å². The fraction of sp³-hybridized carbons (Fsp3) is 0. The molecule has 0 N–H and O–H groups in total. The molecule has 0 spiro atoms. The van der Waals surface area contributed by atoms with Crippen LogP contribution in [0.25, 0.3) is 127 Å². The van der Waals surface area contributed by atoms with E-state index in [2.05, 4.69) is 180 Å². The number of hydrogen-bond donors (Lipinski definition) is 0. The minimum absolute atomic E-state index is 0.600. The summed E-state index contributed by atoms with van der Waals surface area (Å²) in [6.45, 7) is 0. The second-order valence-electron chi connectivity index (χ2n) is 15.6. The topological polar surface area (TPSA) is 56.7 Å². The van der Waals surface area contributed by atoms with E-state index in [0.717, 1.165) is 71.4 Å². The lowest BCUT2D eigenvalue weighted by Gasteiger charge is -2.13. The van der Waals surface area contributed by atoms with Gasteiger partial charge < -0.3 is 8.98 Å². The Bertz CT molecular complexity index is 3900. The zero-order valence-corrected chi connectivity index (χ0v) is 32.2. The van der Waals surface area contributed by atoms with Crippen LogP contribution in [0.2, 0.25) is 0 Å². The summed E-state index contributed by atoms with van der Waals surface area (Å²) in [5.74, 6) is 1.85. The van der Waals surface area contributed by atoms with Gasteiger partial charge in [0.05, 0.1) is 16.7 Å². The van der Waals surface area contributed by atoms with Crippen LogP contribution in [-0.2, 0) is 0 Å². The first-order valence-corrected chi connectivity index (χ1v) is 20.3. The fourth-order valence-electron chi connectivity index (χ4n) is 9.40. The minimum atomic E-state index is 0.600. The number of aromatic nitrogens is 4. The molecule has 13 aromatic rings. The number of rotatable bonds is 4. The van der Waals surface area contributed by atoms with Gasteiger partial charge in [0.15, 0.2) is 17.5 Å². The molecule has 0 amide bonds. The van der Waals surface area contributed by atoms with Gasteiger partial charge in [0.1, 0.15) is 11.2 Å². The molecule has 5 heteroatoms. The second kappa shape index (κ2) is 12.7. The average molecular weight is 765 g/mol. The molecule has 10 aromatic carbocycles. The molecule has 0 fully saturated rings. The van der Waals surface area contributed by atoms with Gasteiger partial charge in [-0.1, -0.05) is 146 Å². The third kappa shape index (κ3) is 4.90. The molecular weight excluding hydrogens is 733 g/mol. The molecule has 60 heavy (non-hydrogen) atoms. The summed E-state index contributed by atoms with van der Waals surface area (Å²) in [6.07, 6.45) is 0. The van der Waals surface area contributed by atoms with Gasteiger partial charge in [-0.15, -0.1) is 0 Å². The van der Waals surface area contributed by atoms with Crippen LogP contribution >= 0.6 is 0 Å². The molecule has 13 rings (SSSR count). The number of furan rings is 1. The van der Waals surface area contributed by atoms with Crippen LogP contribution in [0.15, 0.2) is 199 Å². The summed E-state index contributed by atoms with van der Waals surface area (Å²) in [7, 11) is 0. The van der Waals surface area contributed by atoms with Crippen molar-refractivity contribution < 1.29 is 4.42 Å². The number of benzene rings is 10. The molecule has 0 atom stereocenters. The molecule has 0 saturated heterocycles. The molecule has 0 aliphatic carbocycles.